The van der Waals surface area contributed by atoms with E-state index in [0.29, 0.717) is 77.2 Å². The van der Waals surface area contributed by atoms with Crippen LogP contribution in [0.4, 0.5) is 4.79 Å². The molecule has 166 valence electrons. The Labute approximate surface area is 175 Å². The number of alkyl carbamates (subject to hydrolysis) is 1. The van der Waals surface area contributed by atoms with Crippen LogP contribution in [0.15, 0.2) is 0 Å². The molecule has 2 aliphatic rings. The number of fused-ring (bicyclic) bond motifs is 1. The molecule has 1 fully saturated rings. The van der Waals surface area contributed by atoms with Crippen molar-refractivity contribution in [3.8, 4) is 11.8 Å². The smallest absolute Gasteiger partial charge is 0.407 e. The van der Waals surface area contributed by atoms with Crippen LogP contribution >= 0.6 is 0 Å². The summed E-state index contributed by atoms with van der Waals surface area (Å²) in [6, 6.07) is 0. The minimum atomic E-state index is -0.361. The molecule has 0 aromatic rings. The van der Waals surface area contributed by atoms with Crippen LogP contribution in [0.3, 0.4) is 0 Å². The highest BCUT2D eigenvalue weighted by molar-refractivity contribution is 5.67. The molecule has 7 heteroatoms. The molecule has 1 amide bonds. The molecule has 29 heavy (non-hydrogen) atoms. The molecule has 3 atom stereocenters. The number of ether oxygens (including phenoxy) is 5. The average molecular weight is 412 g/mol. The molecule has 1 N–H and O–H groups in total. The van der Waals surface area contributed by atoms with Gasteiger partial charge in [0.2, 0.25) is 0 Å². The van der Waals surface area contributed by atoms with Crippen molar-refractivity contribution in [2.24, 2.45) is 17.8 Å². The zero-order valence-electron chi connectivity index (χ0n) is 17.8. The van der Waals surface area contributed by atoms with Crippen molar-refractivity contribution in [2.45, 2.75) is 39.0 Å². The van der Waals surface area contributed by atoms with Crippen LogP contribution in [0.25, 0.3) is 0 Å². The fraction of sp³-hybridized carbons (Fsp3) is 0.864. The van der Waals surface area contributed by atoms with Crippen LogP contribution < -0.4 is 5.32 Å². The van der Waals surface area contributed by atoms with E-state index in [1.807, 2.05) is 0 Å². The summed E-state index contributed by atoms with van der Waals surface area (Å²) in [6.07, 6.45) is 4.90. The Bertz CT molecular complexity index is 485. The third-order valence-electron chi connectivity index (χ3n) is 5.23. The van der Waals surface area contributed by atoms with Crippen molar-refractivity contribution in [1.29, 1.82) is 0 Å². The summed E-state index contributed by atoms with van der Waals surface area (Å²) in [5.74, 6) is 8.30. The number of rotatable bonds is 16. The Balaban J connectivity index is 1.31. The second-order valence-electron chi connectivity index (χ2n) is 7.40. The minimum absolute atomic E-state index is 0.361. The second-order valence-corrected chi connectivity index (χ2v) is 7.40. The third-order valence-corrected chi connectivity index (χ3v) is 5.23. The van der Waals surface area contributed by atoms with E-state index in [0.717, 1.165) is 38.7 Å². The number of carbonyl (C=O) groups excluding carboxylic acids is 1. The first-order valence-corrected chi connectivity index (χ1v) is 11.0. The summed E-state index contributed by atoms with van der Waals surface area (Å²) >= 11 is 0. The van der Waals surface area contributed by atoms with Crippen LogP contribution in [-0.2, 0) is 23.7 Å². The monoisotopic (exact) mass is 411 g/mol. The van der Waals surface area contributed by atoms with E-state index in [-0.39, 0.29) is 6.09 Å². The summed E-state index contributed by atoms with van der Waals surface area (Å²) in [4.78, 5) is 11.8. The van der Waals surface area contributed by atoms with E-state index in [1.165, 1.54) is 0 Å². The Morgan fingerprint density at radius 2 is 1.34 bits per heavy atom. The van der Waals surface area contributed by atoms with Crippen molar-refractivity contribution >= 4 is 6.09 Å². The lowest BCUT2D eigenvalue weighted by Crippen LogP contribution is -2.29. The van der Waals surface area contributed by atoms with E-state index >= 15 is 0 Å². The van der Waals surface area contributed by atoms with Crippen molar-refractivity contribution in [2.75, 3.05) is 66.0 Å². The van der Waals surface area contributed by atoms with E-state index in [4.69, 9.17) is 23.7 Å². The Morgan fingerprint density at radius 1 is 0.828 bits per heavy atom. The van der Waals surface area contributed by atoms with Gasteiger partial charge in [-0.05, 0) is 37.0 Å². The molecule has 7 nitrogen and oxygen atoms in total. The van der Waals surface area contributed by atoms with Crippen molar-refractivity contribution in [3.63, 3.8) is 0 Å². The standard InChI is InChI=1S/C22H37NO6/c1-2-10-25-12-14-27-16-17-28-15-13-26-11-9-23-22(24)29-18-21-19-7-5-3-4-6-8-20(19)21/h19-21H,2,5-18H2,1H3,(H,23,24)/t19-,20+,21-. The van der Waals surface area contributed by atoms with Gasteiger partial charge in [-0.2, -0.15) is 0 Å². The Kier molecular flexibility index (Phi) is 12.8. The molecule has 0 heterocycles. The fourth-order valence-electron chi connectivity index (χ4n) is 3.64. The number of carbonyl (C=O) groups is 1. The molecule has 2 aliphatic carbocycles. The fourth-order valence-corrected chi connectivity index (χ4v) is 3.64. The maximum atomic E-state index is 11.8. The van der Waals surface area contributed by atoms with Gasteiger partial charge in [0.05, 0.1) is 52.9 Å². The molecule has 0 aromatic heterocycles. The Hall–Kier alpha value is -1.33. The molecule has 0 unspecified atom stereocenters. The van der Waals surface area contributed by atoms with Gasteiger partial charge in [0.15, 0.2) is 0 Å². The number of amides is 1. The largest absolute Gasteiger partial charge is 0.449 e. The van der Waals surface area contributed by atoms with E-state index in [9.17, 15) is 4.79 Å². The predicted molar refractivity (Wildman–Crippen MR) is 110 cm³/mol. The van der Waals surface area contributed by atoms with Crippen LogP contribution in [0.2, 0.25) is 0 Å². The number of hydrogen-bond donors (Lipinski definition) is 1. The van der Waals surface area contributed by atoms with Gasteiger partial charge in [-0.15, -0.1) is 11.8 Å². The molecule has 0 aromatic carbocycles. The van der Waals surface area contributed by atoms with E-state index < -0.39 is 0 Å². The van der Waals surface area contributed by atoms with E-state index in [2.05, 4.69) is 24.1 Å². The minimum Gasteiger partial charge on any atom is -0.449 e. The van der Waals surface area contributed by atoms with Gasteiger partial charge < -0.3 is 29.0 Å². The maximum Gasteiger partial charge on any atom is 0.407 e. The van der Waals surface area contributed by atoms with Crippen molar-refractivity contribution in [3.05, 3.63) is 0 Å². The summed E-state index contributed by atoms with van der Waals surface area (Å²) in [6.45, 7) is 7.57. The summed E-state index contributed by atoms with van der Waals surface area (Å²) in [5.41, 5.74) is 0. The zero-order valence-corrected chi connectivity index (χ0v) is 17.8. The molecule has 0 bridgehead atoms. The highest BCUT2D eigenvalue weighted by Crippen LogP contribution is 2.52. The average Bonchev–Trinajstić information content (AvgIpc) is 3.35. The third kappa shape index (κ3) is 10.9. The zero-order chi connectivity index (χ0) is 20.6. The molecular weight excluding hydrogens is 374 g/mol. The first kappa shape index (κ1) is 23.9. The lowest BCUT2D eigenvalue weighted by Gasteiger charge is -2.08. The van der Waals surface area contributed by atoms with Crippen LogP contribution in [0.5, 0.6) is 0 Å². The van der Waals surface area contributed by atoms with Gasteiger partial charge in [-0.1, -0.05) is 6.92 Å². The molecule has 0 saturated heterocycles. The van der Waals surface area contributed by atoms with Crippen LogP contribution in [0.1, 0.15) is 39.0 Å². The van der Waals surface area contributed by atoms with Gasteiger partial charge in [-0.25, -0.2) is 4.79 Å². The molecule has 2 rings (SSSR count). The summed E-state index contributed by atoms with van der Waals surface area (Å²) in [5, 5.41) is 2.73. The second kappa shape index (κ2) is 15.5. The van der Waals surface area contributed by atoms with Crippen LogP contribution in [-0.4, -0.2) is 72.1 Å². The number of nitrogens with one attached hydrogen (secondary N) is 1. The summed E-state index contributed by atoms with van der Waals surface area (Å²) < 4.78 is 26.9. The molecule has 0 aliphatic heterocycles. The quantitative estimate of drug-likeness (QED) is 0.311. The van der Waals surface area contributed by atoms with Crippen molar-refractivity contribution < 1.29 is 28.5 Å². The van der Waals surface area contributed by atoms with Gasteiger partial charge in [0, 0.05) is 26.0 Å². The van der Waals surface area contributed by atoms with E-state index in [1.54, 1.807) is 0 Å². The highest BCUT2D eigenvalue weighted by Gasteiger charge is 2.49. The molecular formula is C22H37NO6. The van der Waals surface area contributed by atoms with Crippen molar-refractivity contribution in [1.82, 2.24) is 5.32 Å². The Morgan fingerprint density at radius 3 is 1.90 bits per heavy atom. The van der Waals surface area contributed by atoms with Gasteiger partial charge >= 0.3 is 6.09 Å². The summed E-state index contributed by atoms with van der Waals surface area (Å²) in [7, 11) is 0. The molecule has 1 saturated carbocycles. The topological polar surface area (TPSA) is 75.3 Å². The van der Waals surface area contributed by atoms with Crippen LogP contribution in [0, 0.1) is 29.6 Å². The molecule has 0 spiro atoms. The maximum absolute atomic E-state index is 11.8. The van der Waals surface area contributed by atoms with Gasteiger partial charge in [0.25, 0.3) is 0 Å². The normalized spacial score (nSPS) is 22.6. The first-order chi connectivity index (χ1) is 14.3. The lowest BCUT2D eigenvalue weighted by molar-refractivity contribution is -0.00138. The van der Waals surface area contributed by atoms with Gasteiger partial charge in [-0.3, -0.25) is 0 Å². The first-order valence-electron chi connectivity index (χ1n) is 11.0. The predicted octanol–water partition coefficient (Wildman–Crippen LogP) is 2.63. The SMILES string of the molecule is CCCOCCOCCOCCOCCNC(=O)OC[C@@H]1[C@@H]2CCC#CCC[C@@H]21. The highest BCUT2D eigenvalue weighted by atomic mass is 16.6. The molecule has 0 radical (unpaired) electrons. The number of hydrogen-bond acceptors (Lipinski definition) is 6. The van der Waals surface area contributed by atoms with Gasteiger partial charge in [0.1, 0.15) is 0 Å². The lowest BCUT2D eigenvalue weighted by atomic mass is 10.1.